The fraction of sp³-hybridized carbons (Fsp3) is 0.900. The van der Waals surface area contributed by atoms with E-state index in [4.69, 9.17) is 23.7 Å². The molecule has 0 radical (unpaired) electrons. The van der Waals surface area contributed by atoms with E-state index in [9.17, 15) is 68.5 Å². The third-order valence-electron chi connectivity index (χ3n) is 6.78. The van der Waals surface area contributed by atoms with Crippen molar-refractivity contribution < 1.29 is 92.2 Å². The molecule has 11 N–H and O–H groups in total. The van der Waals surface area contributed by atoms with Crippen molar-refractivity contribution in [3.05, 3.63) is 0 Å². The summed E-state index contributed by atoms with van der Waals surface area (Å²) >= 11 is 0. The third-order valence-corrected chi connectivity index (χ3v) is 8.02. The van der Waals surface area contributed by atoms with Crippen LogP contribution in [0, 0.1) is 0 Å². The quantitative estimate of drug-likeness (QED) is 0.106. The smallest absolute Gasteiger partial charge is 0.335 e. The lowest BCUT2D eigenvalue weighted by Gasteiger charge is -2.48. The molecule has 15 atom stereocenters. The molecular weight excluding hydrogens is 590 g/mol. The zero-order valence-electron chi connectivity index (χ0n) is 21.1. The summed E-state index contributed by atoms with van der Waals surface area (Å²) in [5, 5.41) is 91.3. The summed E-state index contributed by atoms with van der Waals surface area (Å²) in [4.78, 5) is 23.0. The molecule has 0 unspecified atom stereocenters. The van der Waals surface area contributed by atoms with Gasteiger partial charge in [0.2, 0.25) is 5.91 Å². The molecule has 0 bridgehead atoms. The van der Waals surface area contributed by atoms with Gasteiger partial charge in [0.1, 0.15) is 66.2 Å². The second kappa shape index (κ2) is 13.3. The summed E-state index contributed by atoms with van der Waals surface area (Å²) < 4.78 is 59.3. The summed E-state index contributed by atoms with van der Waals surface area (Å²) in [6, 6.07) is -1.49. The first-order chi connectivity index (χ1) is 19.0. The lowest BCUT2D eigenvalue weighted by atomic mass is 9.95. The summed E-state index contributed by atoms with van der Waals surface area (Å²) in [6.07, 6.45) is -26.1. The number of carbonyl (C=O) groups is 2. The van der Waals surface area contributed by atoms with Crippen molar-refractivity contribution in [1.29, 1.82) is 0 Å². The summed E-state index contributed by atoms with van der Waals surface area (Å²) in [5.74, 6) is -2.62. The highest BCUT2D eigenvalue weighted by atomic mass is 32.2. The Labute approximate surface area is 231 Å². The molecule has 41 heavy (non-hydrogen) atoms. The fourth-order valence-corrected chi connectivity index (χ4v) is 5.76. The van der Waals surface area contributed by atoms with Crippen LogP contribution in [0.4, 0.5) is 0 Å². The van der Waals surface area contributed by atoms with Gasteiger partial charge < -0.3 is 75.0 Å². The predicted octanol–water partition coefficient (Wildman–Crippen LogP) is -7.44. The Bertz CT molecular complexity index is 1030. The second-order valence-electron chi connectivity index (χ2n) is 9.60. The van der Waals surface area contributed by atoms with Crippen molar-refractivity contribution in [2.45, 2.75) is 98.1 Å². The molecule has 0 aromatic rings. The van der Waals surface area contributed by atoms with E-state index in [-0.39, 0.29) is 0 Å². The number of ether oxygens (including phenoxy) is 5. The van der Waals surface area contributed by atoms with Crippen LogP contribution in [0.25, 0.3) is 0 Å². The van der Waals surface area contributed by atoms with Crippen molar-refractivity contribution >= 4 is 22.0 Å². The number of amides is 1. The number of nitrogens with one attached hydrogen (secondary N) is 1. The maximum Gasteiger partial charge on any atom is 0.335 e. The monoisotopic (exact) mass is 623 g/mol. The van der Waals surface area contributed by atoms with Gasteiger partial charge in [0.25, 0.3) is 10.1 Å². The maximum absolute atomic E-state index is 11.8. The summed E-state index contributed by atoms with van der Waals surface area (Å²) in [7, 11) is -5.32. The number of carboxylic acid groups (broad SMARTS) is 1. The number of aliphatic hydroxyl groups excluding tert-OH is 8. The number of aliphatic hydroxyl groups is 8. The first-order valence-electron chi connectivity index (χ1n) is 12.1. The summed E-state index contributed by atoms with van der Waals surface area (Å²) in [6.45, 7) is -0.760. The van der Waals surface area contributed by atoms with Gasteiger partial charge in [-0.25, -0.2) is 4.79 Å². The number of carboxylic acids is 1. The molecule has 3 fully saturated rings. The molecule has 1 amide bonds. The van der Waals surface area contributed by atoms with Crippen LogP contribution in [0.5, 0.6) is 0 Å². The van der Waals surface area contributed by atoms with Gasteiger partial charge in [-0.3, -0.25) is 9.35 Å². The first-order valence-corrected chi connectivity index (χ1v) is 13.6. The standard InChI is InChI=1S/C20H33NO19S/c1-4(24)21-7-9(26)13(6(3-23)36-18(7)32)38-19-11(28)14(8(25)5(2-22)37-19)39-20-12(29)16(41(33,34)35)10(27)15(40-20)17(30)31/h5-16,18-20,22-23,25-29,32H,2-3H2,1H3,(H,21,24)(H,30,31)(H,33,34,35)/t5-,6-,7-,8+,9-,10-,11-,12-,13-,14+,15+,16+,18-,19+,20-/m1/s1. The van der Waals surface area contributed by atoms with Crippen LogP contribution in [0.2, 0.25) is 0 Å². The molecule has 3 aliphatic rings. The minimum Gasteiger partial charge on any atom is -0.479 e. The maximum atomic E-state index is 11.8. The molecular formula is C20H33NO19S. The van der Waals surface area contributed by atoms with Crippen LogP contribution < -0.4 is 5.32 Å². The lowest BCUT2D eigenvalue weighted by molar-refractivity contribution is -0.367. The number of carbonyl (C=O) groups excluding carboxylic acids is 1. The number of hydrogen-bond acceptors (Lipinski definition) is 17. The van der Waals surface area contributed by atoms with E-state index < -0.39 is 126 Å². The number of hydrogen-bond donors (Lipinski definition) is 11. The van der Waals surface area contributed by atoms with E-state index in [2.05, 4.69) is 5.32 Å². The van der Waals surface area contributed by atoms with Crippen LogP contribution in [-0.2, 0) is 43.4 Å². The lowest BCUT2D eigenvalue weighted by Crippen LogP contribution is -2.68. The van der Waals surface area contributed by atoms with Gasteiger partial charge in [0.05, 0.1) is 13.2 Å². The largest absolute Gasteiger partial charge is 0.479 e. The van der Waals surface area contributed by atoms with Crippen molar-refractivity contribution in [2.24, 2.45) is 0 Å². The highest BCUT2D eigenvalue weighted by molar-refractivity contribution is 7.86. The normalized spacial score (nSPS) is 45.7. The Kier molecular flexibility index (Phi) is 11.0. The van der Waals surface area contributed by atoms with Crippen molar-refractivity contribution in [1.82, 2.24) is 5.32 Å². The minimum absolute atomic E-state index is 0.692. The Morgan fingerprint density at radius 3 is 1.85 bits per heavy atom. The Morgan fingerprint density at radius 1 is 0.780 bits per heavy atom. The Hall–Kier alpha value is -1.67. The van der Waals surface area contributed by atoms with E-state index in [1.165, 1.54) is 0 Å². The van der Waals surface area contributed by atoms with Gasteiger partial charge in [0, 0.05) is 6.92 Å². The molecule has 3 heterocycles. The highest BCUT2D eigenvalue weighted by Gasteiger charge is 2.57. The minimum atomic E-state index is -5.32. The van der Waals surface area contributed by atoms with Crippen LogP contribution in [0.1, 0.15) is 6.92 Å². The molecule has 20 nitrogen and oxygen atoms in total. The third kappa shape index (κ3) is 7.11. The molecule has 0 aliphatic carbocycles. The van der Waals surface area contributed by atoms with Crippen molar-refractivity contribution in [2.75, 3.05) is 13.2 Å². The Balaban J connectivity index is 1.88. The van der Waals surface area contributed by atoms with Crippen LogP contribution in [0.15, 0.2) is 0 Å². The topological polar surface area (TPSA) is 329 Å². The molecule has 3 rings (SSSR count). The van der Waals surface area contributed by atoms with E-state index >= 15 is 0 Å². The SMILES string of the molecule is CC(=O)N[C@@H]1[C@@H](O)[C@H](O[C@@H]2O[C@H](CO)[C@H](O)[C@H](O[C@@H]3O[C@H](C(=O)O)[C@@H](O)[C@H](S(=O)(=O)O)[C@H]3O)[C@H]2O)[C@@H](CO)O[C@H]1O. The van der Waals surface area contributed by atoms with E-state index in [0.29, 0.717) is 0 Å². The molecule has 238 valence electrons. The first kappa shape index (κ1) is 33.8. The highest BCUT2D eigenvalue weighted by Crippen LogP contribution is 2.33. The zero-order valence-corrected chi connectivity index (χ0v) is 21.9. The average Bonchev–Trinajstić information content (AvgIpc) is 2.87. The molecule has 0 aromatic carbocycles. The number of aliphatic carboxylic acids is 1. The van der Waals surface area contributed by atoms with Crippen LogP contribution in [0.3, 0.4) is 0 Å². The van der Waals surface area contributed by atoms with E-state index in [1.54, 1.807) is 0 Å². The molecule has 0 aromatic heterocycles. The zero-order chi connectivity index (χ0) is 31.0. The average molecular weight is 624 g/mol. The second-order valence-corrected chi connectivity index (χ2v) is 11.2. The van der Waals surface area contributed by atoms with Gasteiger partial charge in [-0.05, 0) is 0 Å². The Morgan fingerprint density at radius 2 is 1.34 bits per heavy atom. The van der Waals surface area contributed by atoms with Gasteiger partial charge in [-0.2, -0.15) is 8.42 Å². The van der Waals surface area contributed by atoms with E-state index in [1.807, 2.05) is 0 Å². The predicted molar refractivity (Wildman–Crippen MR) is 123 cm³/mol. The van der Waals surface area contributed by atoms with Crippen molar-refractivity contribution in [3.8, 4) is 0 Å². The van der Waals surface area contributed by atoms with Gasteiger partial charge >= 0.3 is 5.97 Å². The molecule has 3 saturated heterocycles. The fourth-order valence-electron chi connectivity index (χ4n) is 4.78. The van der Waals surface area contributed by atoms with Crippen LogP contribution in [-0.4, -0.2) is 175 Å². The van der Waals surface area contributed by atoms with Crippen molar-refractivity contribution in [3.63, 3.8) is 0 Å². The van der Waals surface area contributed by atoms with Gasteiger partial charge in [-0.15, -0.1) is 0 Å². The van der Waals surface area contributed by atoms with E-state index in [0.717, 1.165) is 6.92 Å². The molecule has 3 aliphatic heterocycles. The molecule has 21 heteroatoms. The van der Waals surface area contributed by atoms with Crippen LogP contribution >= 0.6 is 0 Å². The van der Waals surface area contributed by atoms with Gasteiger partial charge in [-0.1, -0.05) is 0 Å². The molecule has 0 spiro atoms. The molecule has 0 saturated carbocycles. The summed E-state index contributed by atoms with van der Waals surface area (Å²) in [5.41, 5.74) is 0. The number of rotatable bonds is 9. The van der Waals surface area contributed by atoms with Gasteiger partial charge in [0.15, 0.2) is 25.0 Å².